The maximum absolute atomic E-state index is 9.90. The van der Waals surface area contributed by atoms with Crippen LogP contribution in [0.15, 0.2) is 18.3 Å². The van der Waals surface area contributed by atoms with Gasteiger partial charge in [-0.25, -0.2) is 0 Å². The van der Waals surface area contributed by atoms with E-state index < -0.39 is 6.10 Å². The van der Waals surface area contributed by atoms with Gasteiger partial charge in [-0.15, -0.1) is 0 Å². The molecule has 0 radical (unpaired) electrons. The summed E-state index contributed by atoms with van der Waals surface area (Å²) < 4.78 is 5.76. The summed E-state index contributed by atoms with van der Waals surface area (Å²) >= 11 is 0. The zero-order valence-electron chi connectivity index (χ0n) is 12.3. The number of aryl methyl sites for hydroxylation is 1. The summed E-state index contributed by atoms with van der Waals surface area (Å²) in [6, 6.07) is 4.06. The molecule has 20 heavy (non-hydrogen) atoms. The average molecular weight is 278 g/mol. The fourth-order valence-electron chi connectivity index (χ4n) is 2.52. The van der Waals surface area contributed by atoms with Gasteiger partial charge in [-0.3, -0.25) is 4.98 Å². The van der Waals surface area contributed by atoms with Crippen molar-refractivity contribution >= 4 is 0 Å². The van der Waals surface area contributed by atoms with Gasteiger partial charge in [0.1, 0.15) is 0 Å². The largest absolute Gasteiger partial charge is 0.389 e. The van der Waals surface area contributed by atoms with E-state index in [1.807, 2.05) is 19.2 Å². The molecular weight excluding hydrogens is 252 g/mol. The van der Waals surface area contributed by atoms with Crippen molar-refractivity contribution in [3.05, 3.63) is 29.6 Å². The lowest BCUT2D eigenvalue weighted by molar-refractivity contribution is -0.0230. The lowest BCUT2D eigenvalue weighted by atomic mass is 9.98. The van der Waals surface area contributed by atoms with Crippen LogP contribution in [0.3, 0.4) is 0 Å². The average Bonchev–Trinajstić information content (AvgIpc) is 2.48. The smallest absolute Gasteiger partial charge is 0.0897 e. The van der Waals surface area contributed by atoms with Crippen LogP contribution in [0.5, 0.6) is 0 Å². The Labute approximate surface area is 121 Å². The molecule has 4 heteroatoms. The van der Waals surface area contributed by atoms with Crippen LogP contribution in [0.1, 0.15) is 43.4 Å². The van der Waals surface area contributed by atoms with Crippen LogP contribution < -0.4 is 5.32 Å². The van der Waals surface area contributed by atoms with Crippen molar-refractivity contribution in [1.29, 1.82) is 0 Å². The lowest BCUT2D eigenvalue weighted by Gasteiger charge is -2.23. The third-order valence-corrected chi connectivity index (χ3v) is 3.76. The first-order valence-corrected chi connectivity index (χ1v) is 7.66. The molecule has 0 aliphatic heterocycles. The Morgan fingerprint density at radius 1 is 1.35 bits per heavy atom. The van der Waals surface area contributed by atoms with E-state index in [2.05, 4.69) is 16.4 Å². The highest BCUT2D eigenvalue weighted by Gasteiger charge is 2.15. The SMILES string of the molecule is Cc1ccc(CNCC(O)COC2CCCCC2)cn1. The van der Waals surface area contributed by atoms with Gasteiger partial charge in [0, 0.05) is 25.0 Å². The first kappa shape index (κ1) is 15.4. The number of aromatic nitrogens is 1. The van der Waals surface area contributed by atoms with Gasteiger partial charge in [-0.1, -0.05) is 25.3 Å². The van der Waals surface area contributed by atoms with E-state index in [0.29, 0.717) is 19.3 Å². The van der Waals surface area contributed by atoms with Crippen molar-refractivity contribution in [3.8, 4) is 0 Å². The number of nitrogens with one attached hydrogen (secondary N) is 1. The van der Waals surface area contributed by atoms with E-state index >= 15 is 0 Å². The van der Waals surface area contributed by atoms with Crippen LogP contribution in [0.4, 0.5) is 0 Å². The summed E-state index contributed by atoms with van der Waals surface area (Å²) in [5.41, 5.74) is 2.16. The number of rotatable bonds is 7. The van der Waals surface area contributed by atoms with Crippen molar-refractivity contribution in [2.75, 3.05) is 13.2 Å². The topological polar surface area (TPSA) is 54.4 Å². The minimum Gasteiger partial charge on any atom is -0.389 e. The van der Waals surface area contributed by atoms with Crippen LogP contribution in [0.25, 0.3) is 0 Å². The van der Waals surface area contributed by atoms with Gasteiger partial charge in [0.2, 0.25) is 0 Å². The summed E-state index contributed by atoms with van der Waals surface area (Å²) in [4.78, 5) is 4.25. The van der Waals surface area contributed by atoms with Gasteiger partial charge in [0.15, 0.2) is 0 Å². The summed E-state index contributed by atoms with van der Waals surface area (Å²) in [6.45, 7) is 3.70. The Balaban J connectivity index is 1.57. The maximum Gasteiger partial charge on any atom is 0.0897 e. The molecular formula is C16H26N2O2. The number of hydrogen-bond acceptors (Lipinski definition) is 4. The Morgan fingerprint density at radius 3 is 2.85 bits per heavy atom. The van der Waals surface area contributed by atoms with Crippen LogP contribution >= 0.6 is 0 Å². The fourth-order valence-corrected chi connectivity index (χ4v) is 2.52. The van der Waals surface area contributed by atoms with E-state index in [0.717, 1.165) is 30.6 Å². The molecule has 1 fully saturated rings. The molecule has 1 atom stereocenters. The zero-order chi connectivity index (χ0) is 14.2. The summed E-state index contributed by atoms with van der Waals surface area (Å²) in [7, 11) is 0. The Morgan fingerprint density at radius 2 is 2.15 bits per heavy atom. The Bertz CT molecular complexity index is 375. The van der Waals surface area contributed by atoms with Crippen LogP contribution in [-0.4, -0.2) is 35.5 Å². The molecule has 112 valence electrons. The number of pyridine rings is 1. The lowest BCUT2D eigenvalue weighted by Crippen LogP contribution is -2.32. The van der Waals surface area contributed by atoms with Gasteiger partial charge >= 0.3 is 0 Å². The molecule has 0 amide bonds. The van der Waals surface area contributed by atoms with Crippen LogP contribution in [0.2, 0.25) is 0 Å². The minimum atomic E-state index is -0.435. The van der Waals surface area contributed by atoms with Gasteiger partial charge < -0.3 is 15.2 Å². The minimum absolute atomic E-state index is 0.361. The summed E-state index contributed by atoms with van der Waals surface area (Å²) in [6.07, 6.45) is 7.94. The second kappa shape index (κ2) is 8.35. The highest BCUT2D eigenvalue weighted by molar-refractivity contribution is 5.12. The molecule has 1 heterocycles. The van der Waals surface area contributed by atoms with Gasteiger partial charge in [-0.05, 0) is 31.4 Å². The highest BCUT2D eigenvalue weighted by atomic mass is 16.5. The van der Waals surface area contributed by atoms with Crippen molar-refractivity contribution in [2.45, 2.75) is 57.8 Å². The van der Waals surface area contributed by atoms with Crippen molar-refractivity contribution < 1.29 is 9.84 Å². The maximum atomic E-state index is 9.90. The predicted molar refractivity (Wildman–Crippen MR) is 79.5 cm³/mol. The zero-order valence-corrected chi connectivity index (χ0v) is 12.3. The number of aliphatic hydroxyl groups excluding tert-OH is 1. The molecule has 1 unspecified atom stereocenters. The van der Waals surface area contributed by atoms with Gasteiger partial charge in [0.25, 0.3) is 0 Å². The van der Waals surface area contributed by atoms with Crippen molar-refractivity contribution in [3.63, 3.8) is 0 Å². The predicted octanol–water partition coefficient (Wildman–Crippen LogP) is 2.19. The first-order chi connectivity index (χ1) is 9.74. The molecule has 0 spiro atoms. The van der Waals surface area contributed by atoms with Crippen molar-refractivity contribution in [1.82, 2.24) is 10.3 Å². The molecule has 1 aliphatic carbocycles. The Hall–Kier alpha value is -0.970. The molecule has 1 aromatic heterocycles. The van der Waals surface area contributed by atoms with Crippen LogP contribution in [0, 0.1) is 6.92 Å². The van der Waals surface area contributed by atoms with E-state index in [1.165, 1.54) is 19.3 Å². The third kappa shape index (κ3) is 5.57. The first-order valence-electron chi connectivity index (χ1n) is 7.66. The third-order valence-electron chi connectivity index (χ3n) is 3.76. The molecule has 1 saturated carbocycles. The van der Waals surface area contributed by atoms with Crippen molar-refractivity contribution in [2.24, 2.45) is 0 Å². The fraction of sp³-hybridized carbons (Fsp3) is 0.688. The van der Waals surface area contributed by atoms with E-state index in [4.69, 9.17) is 4.74 Å². The quantitative estimate of drug-likeness (QED) is 0.803. The second-order valence-electron chi connectivity index (χ2n) is 5.69. The van der Waals surface area contributed by atoms with Gasteiger partial charge in [0.05, 0.1) is 18.8 Å². The van der Waals surface area contributed by atoms with E-state index in [-0.39, 0.29) is 0 Å². The van der Waals surface area contributed by atoms with Crippen LogP contribution in [-0.2, 0) is 11.3 Å². The number of nitrogens with zero attached hydrogens (tertiary/aromatic N) is 1. The molecule has 4 nitrogen and oxygen atoms in total. The number of hydrogen-bond donors (Lipinski definition) is 2. The number of aliphatic hydroxyl groups is 1. The Kier molecular flexibility index (Phi) is 6.43. The molecule has 2 N–H and O–H groups in total. The van der Waals surface area contributed by atoms with E-state index in [9.17, 15) is 5.11 Å². The molecule has 0 saturated heterocycles. The highest BCUT2D eigenvalue weighted by Crippen LogP contribution is 2.20. The molecule has 2 rings (SSSR count). The van der Waals surface area contributed by atoms with Gasteiger partial charge in [-0.2, -0.15) is 0 Å². The monoisotopic (exact) mass is 278 g/mol. The molecule has 0 bridgehead atoms. The van der Waals surface area contributed by atoms with E-state index in [1.54, 1.807) is 0 Å². The molecule has 0 aromatic carbocycles. The number of ether oxygens (including phenoxy) is 1. The summed E-state index contributed by atoms with van der Waals surface area (Å²) in [5.74, 6) is 0. The normalized spacial score (nSPS) is 18.1. The molecule has 1 aliphatic rings. The second-order valence-corrected chi connectivity index (χ2v) is 5.69. The summed E-state index contributed by atoms with van der Waals surface area (Å²) in [5, 5.41) is 13.1. The molecule has 1 aromatic rings. The standard InChI is InChI=1S/C16H26N2O2/c1-13-7-8-14(10-18-13)9-17-11-15(19)12-20-16-5-3-2-4-6-16/h7-8,10,15-17,19H,2-6,9,11-12H2,1H3.